The molecular weight excluding hydrogens is 488 g/mol. The van der Waals surface area contributed by atoms with E-state index in [0.717, 1.165) is 38.5 Å². The second-order valence-corrected chi connectivity index (χ2v) is 8.30. The molecule has 3 aromatic rings. The Hall–Kier alpha value is -3.39. The Balaban J connectivity index is 1.40. The number of aryl methyl sites for hydroxylation is 1. The Kier molecular flexibility index (Phi) is 7.24. The van der Waals surface area contributed by atoms with Gasteiger partial charge in [0, 0.05) is 28.5 Å². The lowest BCUT2D eigenvalue weighted by atomic mass is 10.2. The first-order valence-corrected chi connectivity index (χ1v) is 11.4. The van der Waals surface area contributed by atoms with Gasteiger partial charge in [-0.1, -0.05) is 33.6 Å². The molecule has 0 radical (unpaired) electrons. The zero-order chi connectivity index (χ0) is 23.2. The van der Waals surface area contributed by atoms with Gasteiger partial charge in [-0.2, -0.15) is 0 Å². The van der Waals surface area contributed by atoms with Crippen LogP contribution in [0.15, 0.2) is 59.1 Å². The van der Waals surface area contributed by atoms with E-state index < -0.39 is 0 Å². The van der Waals surface area contributed by atoms with Crippen LogP contribution in [0, 0.1) is 6.92 Å². The van der Waals surface area contributed by atoms with E-state index in [0.29, 0.717) is 24.7 Å². The summed E-state index contributed by atoms with van der Waals surface area (Å²) in [6.07, 6.45) is 0. The normalized spacial score (nSPS) is 11.7. The Bertz CT molecular complexity index is 1130. The molecule has 7 nitrogen and oxygen atoms in total. The van der Waals surface area contributed by atoms with Gasteiger partial charge in [0.05, 0.1) is 6.61 Å². The first kappa shape index (κ1) is 22.8. The molecule has 3 aromatic carbocycles. The van der Waals surface area contributed by atoms with Crippen molar-refractivity contribution in [3.05, 3.63) is 70.2 Å². The highest BCUT2D eigenvalue weighted by Crippen LogP contribution is 2.36. The maximum absolute atomic E-state index is 12.3. The lowest BCUT2D eigenvalue weighted by molar-refractivity contribution is -0.118. The molecule has 172 valence electrons. The number of rotatable bonds is 9. The van der Waals surface area contributed by atoms with Crippen molar-refractivity contribution in [2.75, 3.05) is 30.6 Å². The predicted octanol–water partition coefficient (Wildman–Crippen LogP) is 5.51. The molecule has 4 rings (SSSR count). The zero-order valence-corrected chi connectivity index (χ0v) is 20.0. The highest BCUT2D eigenvalue weighted by molar-refractivity contribution is 9.10. The van der Waals surface area contributed by atoms with E-state index in [1.54, 1.807) is 0 Å². The zero-order valence-electron chi connectivity index (χ0n) is 18.4. The molecule has 0 unspecified atom stereocenters. The SMILES string of the molecule is CCOc1cc(CNc2ccc3c(c2)OCO3)c(Br)cc1OCC(=O)Nc1ccc(C)cc1. The van der Waals surface area contributed by atoms with Crippen molar-refractivity contribution in [2.45, 2.75) is 20.4 Å². The Labute approximate surface area is 201 Å². The Morgan fingerprint density at radius 2 is 1.70 bits per heavy atom. The second-order valence-electron chi connectivity index (χ2n) is 7.45. The van der Waals surface area contributed by atoms with Crippen LogP contribution in [0.25, 0.3) is 0 Å². The number of halogens is 1. The van der Waals surface area contributed by atoms with Crippen molar-refractivity contribution in [3.8, 4) is 23.0 Å². The van der Waals surface area contributed by atoms with Gasteiger partial charge >= 0.3 is 0 Å². The van der Waals surface area contributed by atoms with Gasteiger partial charge in [0.25, 0.3) is 5.91 Å². The molecule has 0 saturated heterocycles. The number of anilines is 2. The molecule has 33 heavy (non-hydrogen) atoms. The van der Waals surface area contributed by atoms with Gasteiger partial charge < -0.3 is 29.6 Å². The number of benzene rings is 3. The highest BCUT2D eigenvalue weighted by atomic mass is 79.9. The summed E-state index contributed by atoms with van der Waals surface area (Å²) >= 11 is 3.60. The number of hydrogen-bond acceptors (Lipinski definition) is 6. The molecular formula is C25H25BrN2O5. The molecule has 0 bridgehead atoms. The molecule has 1 heterocycles. The van der Waals surface area contributed by atoms with E-state index in [4.69, 9.17) is 18.9 Å². The average molecular weight is 513 g/mol. The monoisotopic (exact) mass is 512 g/mol. The standard InChI is InChI=1S/C25H25BrN2O5/c1-3-30-22-10-17(13-27-19-8-9-21-23(11-19)33-15-32-21)20(26)12-24(22)31-14-25(29)28-18-6-4-16(2)5-7-18/h4-12,27H,3,13-15H2,1-2H3,(H,28,29). The maximum atomic E-state index is 12.3. The maximum Gasteiger partial charge on any atom is 0.262 e. The first-order chi connectivity index (χ1) is 16.0. The minimum atomic E-state index is -0.244. The van der Waals surface area contributed by atoms with Gasteiger partial charge in [0.15, 0.2) is 29.6 Å². The molecule has 2 N–H and O–H groups in total. The fourth-order valence-corrected chi connectivity index (χ4v) is 3.74. The number of fused-ring (bicyclic) bond motifs is 1. The topological polar surface area (TPSA) is 78.1 Å². The number of amides is 1. The number of carbonyl (C=O) groups excluding carboxylic acids is 1. The molecule has 0 atom stereocenters. The largest absolute Gasteiger partial charge is 0.490 e. The van der Waals surface area contributed by atoms with Crippen molar-refractivity contribution < 1.29 is 23.7 Å². The van der Waals surface area contributed by atoms with Crippen molar-refractivity contribution in [1.82, 2.24) is 0 Å². The lowest BCUT2D eigenvalue weighted by Crippen LogP contribution is -2.20. The smallest absolute Gasteiger partial charge is 0.262 e. The summed E-state index contributed by atoms with van der Waals surface area (Å²) in [5.74, 6) is 2.29. The average Bonchev–Trinajstić information content (AvgIpc) is 3.28. The van der Waals surface area contributed by atoms with Crippen molar-refractivity contribution in [2.24, 2.45) is 0 Å². The number of hydrogen-bond donors (Lipinski definition) is 2. The van der Waals surface area contributed by atoms with Crippen LogP contribution in [0.3, 0.4) is 0 Å². The molecule has 0 spiro atoms. The fourth-order valence-electron chi connectivity index (χ4n) is 3.27. The third-order valence-electron chi connectivity index (χ3n) is 4.96. The minimum Gasteiger partial charge on any atom is -0.490 e. The first-order valence-electron chi connectivity index (χ1n) is 10.6. The third-order valence-corrected chi connectivity index (χ3v) is 5.70. The van der Waals surface area contributed by atoms with Crippen LogP contribution in [-0.2, 0) is 11.3 Å². The minimum absolute atomic E-state index is 0.130. The van der Waals surface area contributed by atoms with Gasteiger partial charge in [0.2, 0.25) is 6.79 Å². The summed E-state index contributed by atoms with van der Waals surface area (Å²) in [7, 11) is 0. The summed E-state index contributed by atoms with van der Waals surface area (Å²) in [5, 5.41) is 6.20. The van der Waals surface area contributed by atoms with Gasteiger partial charge in [0.1, 0.15) is 0 Å². The third kappa shape index (κ3) is 5.90. The fraction of sp³-hybridized carbons (Fsp3) is 0.240. The van der Waals surface area contributed by atoms with Crippen LogP contribution in [0.4, 0.5) is 11.4 Å². The van der Waals surface area contributed by atoms with Crippen molar-refractivity contribution >= 4 is 33.2 Å². The molecule has 0 aromatic heterocycles. The van der Waals surface area contributed by atoms with Crippen molar-refractivity contribution in [3.63, 3.8) is 0 Å². The van der Waals surface area contributed by atoms with E-state index in [1.807, 2.05) is 68.4 Å². The lowest BCUT2D eigenvalue weighted by Gasteiger charge is -2.16. The molecule has 1 aliphatic rings. The molecule has 0 saturated carbocycles. The summed E-state index contributed by atoms with van der Waals surface area (Å²) in [5.41, 5.74) is 3.75. The molecule has 1 amide bonds. The van der Waals surface area contributed by atoms with Crippen LogP contribution >= 0.6 is 15.9 Å². The number of carbonyl (C=O) groups is 1. The van der Waals surface area contributed by atoms with Crippen molar-refractivity contribution in [1.29, 1.82) is 0 Å². The van der Waals surface area contributed by atoms with Crippen LogP contribution in [0.1, 0.15) is 18.1 Å². The number of nitrogens with one attached hydrogen (secondary N) is 2. The Morgan fingerprint density at radius 1 is 0.970 bits per heavy atom. The summed E-state index contributed by atoms with van der Waals surface area (Å²) < 4.78 is 23.2. The summed E-state index contributed by atoms with van der Waals surface area (Å²) in [6.45, 7) is 5.04. The summed E-state index contributed by atoms with van der Waals surface area (Å²) in [4.78, 5) is 12.3. The van der Waals surface area contributed by atoms with Crippen LogP contribution < -0.4 is 29.6 Å². The van der Waals surface area contributed by atoms with Crippen LogP contribution in [0.5, 0.6) is 23.0 Å². The predicted molar refractivity (Wildman–Crippen MR) is 131 cm³/mol. The van der Waals surface area contributed by atoms with Gasteiger partial charge in [-0.15, -0.1) is 0 Å². The van der Waals surface area contributed by atoms with Gasteiger partial charge in [-0.05, 0) is 55.8 Å². The second kappa shape index (κ2) is 10.5. The van der Waals surface area contributed by atoms with E-state index in [2.05, 4.69) is 26.6 Å². The highest BCUT2D eigenvalue weighted by Gasteiger charge is 2.15. The van der Waals surface area contributed by atoms with E-state index in [-0.39, 0.29) is 19.3 Å². The van der Waals surface area contributed by atoms with Gasteiger partial charge in [-0.25, -0.2) is 0 Å². The van der Waals surface area contributed by atoms with E-state index >= 15 is 0 Å². The molecule has 0 fully saturated rings. The molecule has 1 aliphatic heterocycles. The van der Waals surface area contributed by atoms with Gasteiger partial charge in [-0.3, -0.25) is 4.79 Å². The van der Waals surface area contributed by atoms with E-state index in [1.165, 1.54) is 0 Å². The quantitative estimate of drug-likeness (QED) is 0.393. The van der Waals surface area contributed by atoms with Crippen LogP contribution in [0.2, 0.25) is 0 Å². The van der Waals surface area contributed by atoms with Crippen LogP contribution in [-0.4, -0.2) is 25.9 Å². The molecule has 0 aliphatic carbocycles. The number of ether oxygens (including phenoxy) is 4. The summed E-state index contributed by atoms with van der Waals surface area (Å²) in [6, 6.07) is 17.0. The Morgan fingerprint density at radius 3 is 2.48 bits per heavy atom. The van der Waals surface area contributed by atoms with E-state index in [9.17, 15) is 4.79 Å². The molecule has 8 heteroatoms.